The second-order valence-corrected chi connectivity index (χ2v) is 5.04. The average Bonchev–Trinajstić information content (AvgIpc) is 2.94. The molecule has 0 aromatic carbocycles. The van der Waals surface area contributed by atoms with Crippen LogP contribution in [-0.4, -0.2) is 11.5 Å². The summed E-state index contributed by atoms with van der Waals surface area (Å²) in [5.41, 5.74) is 0. The van der Waals surface area contributed by atoms with E-state index in [1.165, 1.54) is 12.8 Å². The van der Waals surface area contributed by atoms with Gasteiger partial charge in [-0.15, -0.1) is 0 Å². The summed E-state index contributed by atoms with van der Waals surface area (Å²) in [6.45, 7) is 3.77. The van der Waals surface area contributed by atoms with Gasteiger partial charge < -0.3 is 9.73 Å². The Morgan fingerprint density at radius 1 is 1.44 bits per heavy atom. The lowest BCUT2D eigenvalue weighted by Crippen LogP contribution is -2.25. The van der Waals surface area contributed by atoms with Crippen molar-refractivity contribution in [3.8, 4) is 0 Å². The highest BCUT2D eigenvalue weighted by atomic mass is 16.4. The molecule has 2 aliphatic carbocycles. The number of aryl methyl sites for hydroxylation is 1. The van der Waals surface area contributed by atoms with Gasteiger partial charge in [-0.25, -0.2) is 4.98 Å². The quantitative estimate of drug-likeness (QED) is 0.788. The molecule has 3 nitrogen and oxygen atoms in total. The predicted molar refractivity (Wildman–Crippen MR) is 61.8 cm³/mol. The van der Waals surface area contributed by atoms with Crippen molar-refractivity contribution in [3.63, 3.8) is 0 Å². The number of nitrogens with zero attached hydrogens (tertiary/aromatic N) is 1. The van der Waals surface area contributed by atoms with E-state index in [4.69, 9.17) is 4.42 Å². The number of nitrogens with one attached hydrogen (secondary N) is 1. The smallest absolute Gasteiger partial charge is 0.208 e. The first-order valence-corrected chi connectivity index (χ1v) is 6.11. The summed E-state index contributed by atoms with van der Waals surface area (Å²) in [6, 6.07) is 0. The minimum absolute atomic E-state index is 0.755. The first-order chi connectivity index (χ1) is 7.81. The molecule has 1 saturated carbocycles. The maximum atomic E-state index is 5.42. The minimum Gasteiger partial charge on any atom is -0.445 e. The van der Waals surface area contributed by atoms with Crippen molar-refractivity contribution >= 4 is 0 Å². The Bertz CT molecular complexity index is 396. The lowest BCUT2D eigenvalue weighted by Gasteiger charge is -2.17. The molecule has 0 spiro atoms. The van der Waals surface area contributed by atoms with Gasteiger partial charge in [0, 0.05) is 0 Å². The number of hydrogen-bond acceptors (Lipinski definition) is 3. The van der Waals surface area contributed by atoms with Crippen LogP contribution in [0.5, 0.6) is 0 Å². The molecule has 3 unspecified atom stereocenters. The fourth-order valence-electron chi connectivity index (χ4n) is 2.98. The van der Waals surface area contributed by atoms with Crippen LogP contribution in [0.1, 0.15) is 24.5 Å². The average molecular weight is 218 g/mol. The van der Waals surface area contributed by atoms with Crippen molar-refractivity contribution < 1.29 is 4.42 Å². The Morgan fingerprint density at radius 3 is 3.00 bits per heavy atom. The first kappa shape index (κ1) is 10.1. The van der Waals surface area contributed by atoms with Crippen LogP contribution >= 0.6 is 0 Å². The standard InChI is InChI=1S/C13H18N2O/c1-9-6-15-13(16-9)8-14-7-12-5-10-2-3-11(12)4-10/h2-3,6,10-12,14H,4-5,7-8H2,1H3. The molecule has 0 aliphatic heterocycles. The summed E-state index contributed by atoms with van der Waals surface area (Å²) in [5, 5.41) is 3.45. The Hall–Kier alpha value is -1.09. The van der Waals surface area contributed by atoms with Gasteiger partial charge in [-0.1, -0.05) is 12.2 Å². The summed E-state index contributed by atoms with van der Waals surface area (Å²) in [5.74, 6) is 4.20. The zero-order valence-corrected chi connectivity index (χ0v) is 9.65. The number of hydrogen-bond donors (Lipinski definition) is 1. The third-order valence-corrected chi connectivity index (χ3v) is 3.77. The van der Waals surface area contributed by atoms with Crippen LogP contribution in [0.4, 0.5) is 0 Å². The van der Waals surface area contributed by atoms with Crippen LogP contribution in [0, 0.1) is 24.7 Å². The summed E-state index contributed by atoms with van der Waals surface area (Å²) in [4.78, 5) is 4.18. The summed E-state index contributed by atoms with van der Waals surface area (Å²) >= 11 is 0. The molecular formula is C13H18N2O. The van der Waals surface area contributed by atoms with Gasteiger partial charge in [0.05, 0.1) is 12.7 Å². The highest BCUT2D eigenvalue weighted by Crippen LogP contribution is 2.42. The van der Waals surface area contributed by atoms with Gasteiger partial charge >= 0.3 is 0 Å². The van der Waals surface area contributed by atoms with E-state index in [2.05, 4.69) is 22.5 Å². The SMILES string of the molecule is Cc1cnc(CNCC2CC3C=CC2C3)o1. The van der Waals surface area contributed by atoms with Crippen molar-refractivity contribution in [3.05, 3.63) is 30.0 Å². The largest absolute Gasteiger partial charge is 0.445 e. The molecule has 1 fully saturated rings. The maximum absolute atomic E-state index is 5.42. The molecule has 2 bridgehead atoms. The third-order valence-electron chi connectivity index (χ3n) is 3.77. The van der Waals surface area contributed by atoms with Gasteiger partial charge in [-0.3, -0.25) is 0 Å². The third kappa shape index (κ3) is 1.92. The highest BCUT2D eigenvalue weighted by Gasteiger charge is 2.34. The Labute approximate surface area is 95.9 Å². The second kappa shape index (κ2) is 4.06. The molecule has 1 aromatic rings. The molecule has 2 aliphatic rings. The molecule has 16 heavy (non-hydrogen) atoms. The van der Waals surface area contributed by atoms with Crippen molar-refractivity contribution in [1.29, 1.82) is 0 Å². The summed E-state index contributed by atoms with van der Waals surface area (Å²) in [7, 11) is 0. The number of fused-ring (bicyclic) bond motifs is 2. The maximum Gasteiger partial charge on any atom is 0.208 e. The van der Waals surface area contributed by atoms with Crippen molar-refractivity contribution in [1.82, 2.24) is 10.3 Å². The van der Waals surface area contributed by atoms with E-state index in [0.717, 1.165) is 42.5 Å². The van der Waals surface area contributed by atoms with Gasteiger partial charge in [0.2, 0.25) is 5.89 Å². The van der Waals surface area contributed by atoms with E-state index in [1.807, 2.05) is 6.92 Å². The normalized spacial score (nSPS) is 31.4. The number of oxazole rings is 1. The monoisotopic (exact) mass is 218 g/mol. The molecule has 3 heteroatoms. The summed E-state index contributed by atoms with van der Waals surface area (Å²) < 4.78 is 5.42. The Balaban J connectivity index is 1.46. The van der Waals surface area contributed by atoms with Crippen LogP contribution in [0.3, 0.4) is 0 Å². The van der Waals surface area contributed by atoms with Crippen LogP contribution < -0.4 is 5.32 Å². The van der Waals surface area contributed by atoms with E-state index in [0.29, 0.717) is 0 Å². The molecule has 3 rings (SSSR count). The lowest BCUT2D eigenvalue weighted by atomic mass is 9.94. The van der Waals surface area contributed by atoms with Crippen LogP contribution in [0.2, 0.25) is 0 Å². The topological polar surface area (TPSA) is 38.1 Å². The van der Waals surface area contributed by atoms with Gasteiger partial charge in [-0.2, -0.15) is 0 Å². The van der Waals surface area contributed by atoms with E-state index in [1.54, 1.807) is 6.20 Å². The fraction of sp³-hybridized carbons (Fsp3) is 0.615. The van der Waals surface area contributed by atoms with Crippen molar-refractivity contribution in [2.45, 2.75) is 26.3 Å². The van der Waals surface area contributed by atoms with Crippen molar-refractivity contribution in [2.75, 3.05) is 6.54 Å². The molecule has 0 radical (unpaired) electrons. The van der Waals surface area contributed by atoms with Crippen LogP contribution in [-0.2, 0) is 6.54 Å². The number of allylic oxidation sites excluding steroid dienone is 2. The Morgan fingerprint density at radius 2 is 2.38 bits per heavy atom. The zero-order valence-electron chi connectivity index (χ0n) is 9.65. The molecule has 1 heterocycles. The number of rotatable bonds is 4. The molecule has 3 atom stereocenters. The molecule has 0 saturated heterocycles. The first-order valence-electron chi connectivity index (χ1n) is 6.11. The Kier molecular flexibility index (Phi) is 2.56. The van der Waals surface area contributed by atoms with Crippen molar-refractivity contribution in [2.24, 2.45) is 17.8 Å². The fourth-order valence-corrected chi connectivity index (χ4v) is 2.98. The number of aromatic nitrogens is 1. The van der Waals surface area contributed by atoms with Gasteiger partial charge in [0.1, 0.15) is 5.76 Å². The van der Waals surface area contributed by atoms with Gasteiger partial charge in [0.15, 0.2) is 0 Å². The molecule has 1 aromatic heterocycles. The minimum atomic E-state index is 0.755. The predicted octanol–water partition coefficient (Wildman–Crippen LogP) is 2.28. The molecule has 1 N–H and O–H groups in total. The summed E-state index contributed by atoms with van der Waals surface area (Å²) in [6.07, 6.45) is 9.30. The second-order valence-electron chi connectivity index (χ2n) is 5.04. The zero-order chi connectivity index (χ0) is 11.0. The molecule has 0 amide bonds. The van der Waals surface area contributed by atoms with E-state index >= 15 is 0 Å². The van der Waals surface area contributed by atoms with Crippen LogP contribution in [0.15, 0.2) is 22.8 Å². The van der Waals surface area contributed by atoms with Gasteiger partial charge in [-0.05, 0) is 44.1 Å². The van der Waals surface area contributed by atoms with Crippen LogP contribution in [0.25, 0.3) is 0 Å². The van der Waals surface area contributed by atoms with E-state index < -0.39 is 0 Å². The molecule has 86 valence electrons. The lowest BCUT2D eigenvalue weighted by molar-refractivity contribution is 0.389. The van der Waals surface area contributed by atoms with E-state index in [-0.39, 0.29) is 0 Å². The molecular weight excluding hydrogens is 200 g/mol. The highest BCUT2D eigenvalue weighted by molar-refractivity contribution is 5.10. The van der Waals surface area contributed by atoms with E-state index in [9.17, 15) is 0 Å². The van der Waals surface area contributed by atoms with Gasteiger partial charge in [0.25, 0.3) is 0 Å².